The van der Waals surface area contributed by atoms with Gasteiger partial charge in [-0.25, -0.2) is 9.59 Å². The lowest BCUT2D eigenvalue weighted by Crippen LogP contribution is -2.46. The Morgan fingerprint density at radius 1 is 1.21 bits per heavy atom. The quantitative estimate of drug-likeness (QED) is 0.486. The molecule has 9 nitrogen and oxygen atoms in total. The second kappa shape index (κ2) is 12.1. The zero-order valence-electron chi connectivity index (χ0n) is 10.3. The number of rotatable bonds is 7. The van der Waals surface area contributed by atoms with Gasteiger partial charge in [-0.3, -0.25) is 4.79 Å². The van der Waals surface area contributed by atoms with Crippen LogP contribution in [0.3, 0.4) is 0 Å². The Hall–Kier alpha value is -2.41. The molecule has 0 saturated carbocycles. The summed E-state index contributed by atoms with van der Waals surface area (Å²) in [6, 6.07) is -1.77. The van der Waals surface area contributed by atoms with Crippen molar-refractivity contribution >= 4 is 24.1 Å². The first kappa shape index (κ1) is 18.9. The van der Waals surface area contributed by atoms with Crippen LogP contribution < -0.4 is 10.6 Å². The van der Waals surface area contributed by atoms with Gasteiger partial charge in [0.05, 0.1) is 0 Å². The number of carboxylic acid groups (broad SMARTS) is 2. The van der Waals surface area contributed by atoms with E-state index in [2.05, 4.69) is 10.6 Å². The molecule has 0 heterocycles. The Kier molecular flexibility index (Phi) is 12.0. The zero-order chi connectivity index (χ0) is 15.3. The minimum Gasteiger partial charge on any atom is -0.481 e. The molecule has 9 heteroatoms. The summed E-state index contributed by atoms with van der Waals surface area (Å²) in [6.45, 7) is 2.30. The lowest BCUT2D eigenvalue weighted by Gasteiger charge is -2.13. The summed E-state index contributed by atoms with van der Waals surface area (Å²) in [4.78, 5) is 48.3. The van der Waals surface area contributed by atoms with Gasteiger partial charge in [0.15, 0.2) is 0 Å². The summed E-state index contributed by atoms with van der Waals surface area (Å²) in [5, 5.41) is 21.8. The monoisotopic (exact) mass is 276 g/mol. The Balaban J connectivity index is 0. The third-order valence-electron chi connectivity index (χ3n) is 1.79. The van der Waals surface area contributed by atoms with Gasteiger partial charge in [0, 0.05) is 13.0 Å². The lowest BCUT2D eigenvalue weighted by molar-refractivity contribution is -0.191. The number of amides is 2. The van der Waals surface area contributed by atoms with E-state index in [1.807, 2.05) is 6.92 Å². The highest BCUT2D eigenvalue weighted by Crippen LogP contribution is 1.97. The molecule has 0 rings (SSSR count). The topological polar surface area (TPSA) is 150 Å². The third kappa shape index (κ3) is 13.5. The lowest BCUT2D eigenvalue weighted by atomic mass is 10.1. The summed E-state index contributed by atoms with van der Waals surface area (Å²) < 4.78 is 0. The molecule has 2 amide bonds. The maximum absolute atomic E-state index is 11.1. The minimum absolute atomic E-state index is 0.135. The first-order chi connectivity index (χ1) is 8.88. The fourth-order valence-corrected chi connectivity index (χ4v) is 0.973. The molecule has 0 aromatic rings. The molecule has 0 aliphatic heterocycles. The van der Waals surface area contributed by atoms with E-state index in [0.29, 0.717) is 6.54 Å². The molecule has 0 aliphatic rings. The van der Waals surface area contributed by atoms with Crippen molar-refractivity contribution in [3.05, 3.63) is 0 Å². The van der Waals surface area contributed by atoms with Crippen molar-refractivity contribution in [3.8, 4) is 0 Å². The Morgan fingerprint density at radius 2 is 1.74 bits per heavy atom. The second-order valence-corrected chi connectivity index (χ2v) is 3.31. The number of carbonyl (C=O) groups excluding carboxylic acids is 3. The molecule has 0 aromatic heterocycles. The molecule has 0 fully saturated rings. The standard InChI is InChI=1S/C9H16N2O5.CO2/c1-2-5-10-9(16)11-6(8(14)15)3-4-7(12)13;2-1-3/h6H,2-5H2,1H3,(H,12,13)(H,14,15)(H2,10,11,16);. The van der Waals surface area contributed by atoms with Crippen LogP contribution in [0.15, 0.2) is 0 Å². The summed E-state index contributed by atoms with van der Waals surface area (Å²) in [5.74, 6) is -2.34. The molecule has 0 aromatic carbocycles. The molecular weight excluding hydrogens is 260 g/mol. The molecule has 0 saturated heterocycles. The fourth-order valence-electron chi connectivity index (χ4n) is 0.973. The first-order valence-corrected chi connectivity index (χ1v) is 5.37. The predicted molar refractivity (Wildman–Crippen MR) is 60.1 cm³/mol. The molecule has 0 spiro atoms. The molecule has 1 unspecified atom stereocenters. The normalized spacial score (nSPS) is 10.2. The summed E-state index contributed by atoms with van der Waals surface area (Å²) in [5.41, 5.74) is 0. The van der Waals surface area contributed by atoms with Crippen LogP contribution in [0.4, 0.5) is 4.79 Å². The number of hydrogen-bond acceptors (Lipinski definition) is 5. The van der Waals surface area contributed by atoms with E-state index in [0.717, 1.165) is 6.42 Å². The molecule has 4 N–H and O–H groups in total. The number of nitrogens with one attached hydrogen (secondary N) is 2. The summed E-state index contributed by atoms with van der Waals surface area (Å²) in [7, 11) is 0. The average Bonchev–Trinajstić information content (AvgIpc) is 2.32. The van der Waals surface area contributed by atoms with E-state index in [1.165, 1.54) is 0 Å². The molecule has 0 aliphatic carbocycles. The minimum atomic E-state index is -1.24. The van der Waals surface area contributed by atoms with Gasteiger partial charge in [-0.05, 0) is 12.8 Å². The number of carbonyl (C=O) groups is 3. The van der Waals surface area contributed by atoms with E-state index in [-0.39, 0.29) is 19.0 Å². The van der Waals surface area contributed by atoms with Crippen molar-refractivity contribution in [3.63, 3.8) is 0 Å². The van der Waals surface area contributed by atoms with Crippen LogP contribution in [-0.4, -0.2) is 46.9 Å². The molecule has 1 atom stereocenters. The Morgan fingerprint density at radius 3 is 2.11 bits per heavy atom. The highest BCUT2D eigenvalue weighted by atomic mass is 16.4. The van der Waals surface area contributed by atoms with Crippen molar-refractivity contribution in [1.82, 2.24) is 10.6 Å². The van der Waals surface area contributed by atoms with Gasteiger partial charge in [-0.1, -0.05) is 6.92 Å². The van der Waals surface area contributed by atoms with Gasteiger partial charge in [0.25, 0.3) is 0 Å². The van der Waals surface area contributed by atoms with Crippen molar-refractivity contribution < 1.29 is 34.2 Å². The number of aliphatic carboxylic acids is 2. The van der Waals surface area contributed by atoms with Crippen LogP contribution in [0.1, 0.15) is 26.2 Å². The van der Waals surface area contributed by atoms with Gasteiger partial charge < -0.3 is 20.8 Å². The van der Waals surface area contributed by atoms with Gasteiger partial charge in [0.1, 0.15) is 6.04 Å². The predicted octanol–water partition coefficient (Wildman–Crippen LogP) is -0.570. The largest absolute Gasteiger partial charge is 0.481 e. The molecule has 0 radical (unpaired) electrons. The fraction of sp³-hybridized carbons (Fsp3) is 0.600. The summed E-state index contributed by atoms with van der Waals surface area (Å²) >= 11 is 0. The van der Waals surface area contributed by atoms with Crippen LogP contribution in [0.5, 0.6) is 0 Å². The Labute approximate surface area is 109 Å². The SMILES string of the molecule is CCCNC(=O)NC(CCC(=O)O)C(=O)O.O=C=O. The van der Waals surface area contributed by atoms with Crippen LogP contribution in [0.25, 0.3) is 0 Å². The van der Waals surface area contributed by atoms with E-state index in [1.54, 1.807) is 0 Å². The average molecular weight is 276 g/mol. The van der Waals surface area contributed by atoms with Gasteiger partial charge >= 0.3 is 24.1 Å². The van der Waals surface area contributed by atoms with E-state index in [4.69, 9.17) is 19.8 Å². The number of hydrogen-bond donors (Lipinski definition) is 4. The van der Waals surface area contributed by atoms with Crippen LogP contribution >= 0.6 is 0 Å². The van der Waals surface area contributed by atoms with Gasteiger partial charge in [-0.15, -0.1) is 0 Å². The molecule has 19 heavy (non-hydrogen) atoms. The van der Waals surface area contributed by atoms with E-state index >= 15 is 0 Å². The first-order valence-electron chi connectivity index (χ1n) is 5.37. The second-order valence-electron chi connectivity index (χ2n) is 3.31. The Bertz CT molecular complexity index is 337. The maximum atomic E-state index is 11.1. The summed E-state index contributed by atoms with van der Waals surface area (Å²) in [6.07, 6.45) is 0.551. The maximum Gasteiger partial charge on any atom is 0.373 e. The van der Waals surface area contributed by atoms with E-state index < -0.39 is 24.0 Å². The third-order valence-corrected chi connectivity index (χ3v) is 1.79. The van der Waals surface area contributed by atoms with Crippen LogP contribution in [0, 0.1) is 0 Å². The van der Waals surface area contributed by atoms with Crippen molar-refractivity contribution in [2.45, 2.75) is 32.2 Å². The smallest absolute Gasteiger partial charge is 0.373 e. The van der Waals surface area contributed by atoms with E-state index in [9.17, 15) is 14.4 Å². The molecule has 0 bridgehead atoms. The highest BCUT2D eigenvalue weighted by Gasteiger charge is 2.20. The van der Waals surface area contributed by atoms with Crippen molar-refractivity contribution in [1.29, 1.82) is 0 Å². The number of urea groups is 1. The van der Waals surface area contributed by atoms with Crippen molar-refractivity contribution in [2.24, 2.45) is 0 Å². The van der Waals surface area contributed by atoms with Crippen LogP contribution in [-0.2, 0) is 19.2 Å². The van der Waals surface area contributed by atoms with Crippen molar-refractivity contribution in [2.75, 3.05) is 6.54 Å². The molecule has 108 valence electrons. The number of carboxylic acids is 2. The molecular formula is C10H16N2O7. The van der Waals surface area contributed by atoms with Crippen LogP contribution in [0.2, 0.25) is 0 Å². The van der Waals surface area contributed by atoms with Gasteiger partial charge in [0.2, 0.25) is 0 Å². The highest BCUT2D eigenvalue weighted by molar-refractivity contribution is 5.82. The van der Waals surface area contributed by atoms with Gasteiger partial charge in [-0.2, -0.15) is 9.59 Å². The zero-order valence-corrected chi connectivity index (χ0v) is 10.3.